The van der Waals surface area contributed by atoms with Gasteiger partial charge in [-0.2, -0.15) is 0 Å². The van der Waals surface area contributed by atoms with Crippen LogP contribution in [0.5, 0.6) is 0 Å². The second-order valence-corrected chi connectivity index (χ2v) is 9.71. The molecule has 1 fully saturated rings. The highest BCUT2D eigenvalue weighted by Crippen LogP contribution is 2.13. The molecule has 1 heterocycles. The maximum Gasteiger partial charge on any atom is 0.237 e. The number of nitrogens with two attached hydrogens (primary N) is 1. The molecule has 124 valence electrons. The van der Waals surface area contributed by atoms with Gasteiger partial charge in [0.1, 0.15) is 9.84 Å². The van der Waals surface area contributed by atoms with Crippen LogP contribution in [0.2, 0.25) is 0 Å². The smallest absolute Gasteiger partial charge is 0.237 e. The van der Waals surface area contributed by atoms with E-state index < -0.39 is 31.8 Å². The summed E-state index contributed by atoms with van der Waals surface area (Å²) in [6.07, 6.45) is 3.38. The molecule has 1 aliphatic rings. The monoisotopic (exact) mass is 341 g/mol. The molecule has 0 bridgehead atoms. The highest BCUT2D eigenvalue weighted by Gasteiger charge is 2.27. The Hall–Kier alpha value is -0.710. The number of carbonyl (C=O) groups is 1. The molecule has 0 radical (unpaired) electrons. The van der Waals surface area contributed by atoms with Gasteiger partial charge in [0.2, 0.25) is 15.9 Å². The molecule has 1 rings (SSSR count). The third kappa shape index (κ3) is 6.72. The predicted molar refractivity (Wildman–Crippen MR) is 79.9 cm³/mol. The van der Waals surface area contributed by atoms with E-state index in [2.05, 4.69) is 5.32 Å². The number of rotatable bonds is 6. The number of sulfonamides is 1. The van der Waals surface area contributed by atoms with Gasteiger partial charge in [0.25, 0.3) is 0 Å². The molecule has 21 heavy (non-hydrogen) atoms. The van der Waals surface area contributed by atoms with Gasteiger partial charge in [-0.3, -0.25) is 4.79 Å². The third-order valence-corrected chi connectivity index (χ3v) is 5.69. The molecule has 10 heteroatoms. The third-order valence-electron chi connectivity index (χ3n) is 3.41. The molecule has 3 N–H and O–H groups in total. The minimum absolute atomic E-state index is 0.0762. The van der Waals surface area contributed by atoms with E-state index in [-0.39, 0.29) is 18.2 Å². The summed E-state index contributed by atoms with van der Waals surface area (Å²) in [4.78, 5) is 11.8. The van der Waals surface area contributed by atoms with Crippen LogP contribution in [0.25, 0.3) is 0 Å². The van der Waals surface area contributed by atoms with Crippen LogP contribution >= 0.6 is 0 Å². The van der Waals surface area contributed by atoms with E-state index in [0.717, 1.165) is 12.5 Å². The summed E-state index contributed by atoms with van der Waals surface area (Å²) in [5, 5.41) is 2.75. The highest BCUT2D eigenvalue weighted by molar-refractivity contribution is 7.90. The van der Waals surface area contributed by atoms with Gasteiger partial charge in [0.15, 0.2) is 0 Å². The average molecular weight is 341 g/mol. The zero-order valence-electron chi connectivity index (χ0n) is 12.3. The quantitative estimate of drug-likeness (QED) is 0.592. The molecule has 1 atom stereocenters. The number of amides is 1. The Morgan fingerprint density at radius 1 is 1.24 bits per heavy atom. The number of carbonyl (C=O) groups excluding carboxylic acids is 1. The van der Waals surface area contributed by atoms with Crippen LogP contribution in [0, 0.1) is 0 Å². The van der Waals surface area contributed by atoms with E-state index in [0.29, 0.717) is 25.9 Å². The number of nitrogens with one attached hydrogen (secondary N) is 1. The molecule has 0 aromatic rings. The first-order valence-corrected chi connectivity index (χ1v) is 10.6. The molecule has 8 nitrogen and oxygen atoms in total. The maximum absolute atomic E-state index is 11.8. The van der Waals surface area contributed by atoms with Gasteiger partial charge in [-0.05, 0) is 19.3 Å². The fourth-order valence-corrected chi connectivity index (χ4v) is 3.67. The predicted octanol–water partition coefficient (Wildman–Crippen LogP) is -1.71. The van der Waals surface area contributed by atoms with Crippen LogP contribution in [0.4, 0.5) is 0 Å². The van der Waals surface area contributed by atoms with Gasteiger partial charge in [-0.1, -0.05) is 0 Å². The largest absolute Gasteiger partial charge is 0.352 e. The summed E-state index contributed by atoms with van der Waals surface area (Å²) in [7, 11) is -6.33. The fraction of sp³-hybridized carbons (Fsp3) is 0.909. The normalized spacial score (nSPS) is 20.1. The molecular weight excluding hydrogens is 318 g/mol. The second kappa shape index (κ2) is 7.03. The van der Waals surface area contributed by atoms with Crippen molar-refractivity contribution in [3.8, 4) is 0 Å². The number of sulfone groups is 1. The lowest BCUT2D eigenvalue weighted by atomic mass is 10.1. The topological polar surface area (TPSA) is 127 Å². The summed E-state index contributed by atoms with van der Waals surface area (Å²) in [5.74, 6) is -0.523. The molecule has 0 spiro atoms. The number of piperidine rings is 1. The number of hydrogen-bond donors (Lipinski definition) is 2. The van der Waals surface area contributed by atoms with Crippen LogP contribution < -0.4 is 11.1 Å². The Bertz CT molecular complexity index is 565. The van der Waals surface area contributed by atoms with Crippen molar-refractivity contribution >= 4 is 25.8 Å². The highest BCUT2D eigenvalue weighted by atomic mass is 32.2. The Morgan fingerprint density at radius 2 is 1.76 bits per heavy atom. The first kappa shape index (κ1) is 18.3. The van der Waals surface area contributed by atoms with Crippen molar-refractivity contribution in [3.05, 3.63) is 0 Å². The fourth-order valence-electron chi connectivity index (χ4n) is 2.11. The Morgan fingerprint density at radius 3 is 2.19 bits per heavy atom. The SMILES string of the molecule is CS(=O)(=O)CCC(N)C(=O)NC1CCN(S(C)(=O)=O)CC1. The first-order chi connectivity index (χ1) is 9.49. The van der Waals surface area contributed by atoms with E-state index >= 15 is 0 Å². The van der Waals surface area contributed by atoms with Crippen LogP contribution in [-0.2, 0) is 24.7 Å². The van der Waals surface area contributed by atoms with E-state index in [4.69, 9.17) is 5.73 Å². The van der Waals surface area contributed by atoms with Crippen molar-refractivity contribution in [3.63, 3.8) is 0 Å². The minimum atomic E-state index is -3.19. The van der Waals surface area contributed by atoms with E-state index in [1.54, 1.807) is 0 Å². The average Bonchev–Trinajstić information content (AvgIpc) is 2.34. The van der Waals surface area contributed by atoms with Crippen molar-refractivity contribution in [2.45, 2.75) is 31.3 Å². The molecule has 1 saturated heterocycles. The van der Waals surface area contributed by atoms with Gasteiger partial charge in [-0.15, -0.1) is 0 Å². The second-order valence-electron chi connectivity index (χ2n) is 5.47. The lowest BCUT2D eigenvalue weighted by Crippen LogP contribution is -2.50. The van der Waals surface area contributed by atoms with Gasteiger partial charge in [0.05, 0.1) is 18.1 Å². The Balaban J connectivity index is 2.40. The summed E-state index contributed by atoms with van der Waals surface area (Å²) in [5.41, 5.74) is 5.66. The first-order valence-electron chi connectivity index (χ1n) is 6.68. The molecular formula is C11H23N3O5S2. The van der Waals surface area contributed by atoms with Crippen molar-refractivity contribution in [1.29, 1.82) is 0 Å². The molecule has 1 unspecified atom stereocenters. The Kier molecular flexibility index (Phi) is 6.14. The summed E-state index contributed by atoms with van der Waals surface area (Å²) < 4.78 is 46.2. The zero-order chi connectivity index (χ0) is 16.3. The van der Waals surface area contributed by atoms with Crippen LogP contribution in [0.15, 0.2) is 0 Å². The minimum Gasteiger partial charge on any atom is -0.352 e. The zero-order valence-corrected chi connectivity index (χ0v) is 13.9. The van der Waals surface area contributed by atoms with Crippen molar-refractivity contribution in [2.75, 3.05) is 31.4 Å². The summed E-state index contributed by atoms with van der Waals surface area (Å²) in [6, 6.07) is -0.993. The molecule has 1 amide bonds. The summed E-state index contributed by atoms with van der Waals surface area (Å²) in [6.45, 7) is 0.727. The van der Waals surface area contributed by atoms with Crippen LogP contribution in [-0.4, -0.2) is 70.5 Å². The van der Waals surface area contributed by atoms with Gasteiger partial charge in [-0.25, -0.2) is 21.1 Å². The van der Waals surface area contributed by atoms with Gasteiger partial charge >= 0.3 is 0 Å². The van der Waals surface area contributed by atoms with E-state index in [9.17, 15) is 21.6 Å². The molecule has 0 aliphatic carbocycles. The molecule has 0 aromatic heterocycles. The van der Waals surface area contributed by atoms with E-state index in [1.165, 1.54) is 4.31 Å². The van der Waals surface area contributed by atoms with Crippen molar-refractivity contribution in [2.24, 2.45) is 5.73 Å². The lowest BCUT2D eigenvalue weighted by Gasteiger charge is -2.31. The summed E-state index contributed by atoms with van der Waals surface area (Å²) >= 11 is 0. The van der Waals surface area contributed by atoms with Gasteiger partial charge < -0.3 is 11.1 Å². The molecule has 0 saturated carbocycles. The van der Waals surface area contributed by atoms with Crippen molar-refractivity contribution < 1.29 is 21.6 Å². The lowest BCUT2D eigenvalue weighted by molar-refractivity contribution is -0.123. The molecule has 1 aliphatic heterocycles. The number of hydrogen-bond acceptors (Lipinski definition) is 6. The molecule has 0 aromatic carbocycles. The maximum atomic E-state index is 11.8. The Labute approximate surface area is 126 Å². The van der Waals surface area contributed by atoms with Crippen molar-refractivity contribution in [1.82, 2.24) is 9.62 Å². The standard InChI is InChI=1S/C11H23N3O5S2/c1-20(16,17)8-5-10(12)11(15)13-9-3-6-14(7-4-9)21(2,18)19/h9-10H,3-8,12H2,1-2H3,(H,13,15). The van der Waals surface area contributed by atoms with Crippen LogP contribution in [0.1, 0.15) is 19.3 Å². The van der Waals surface area contributed by atoms with Crippen LogP contribution in [0.3, 0.4) is 0 Å². The number of nitrogens with zero attached hydrogens (tertiary/aromatic N) is 1. The van der Waals surface area contributed by atoms with E-state index in [1.807, 2.05) is 0 Å². The van der Waals surface area contributed by atoms with Gasteiger partial charge in [0, 0.05) is 25.4 Å².